The van der Waals surface area contributed by atoms with Crippen LogP contribution in [0.1, 0.15) is 33.6 Å². The molecule has 5 rings (SSSR count). The molecular formula is C17H24BNO4. The van der Waals surface area contributed by atoms with Crippen molar-refractivity contribution in [3.63, 3.8) is 0 Å². The van der Waals surface area contributed by atoms with Gasteiger partial charge in [0, 0.05) is 11.5 Å². The average Bonchev–Trinajstić information content (AvgIpc) is 2.90. The highest BCUT2D eigenvalue weighted by Crippen LogP contribution is 2.65. The van der Waals surface area contributed by atoms with Gasteiger partial charge in [-0.1, -0.05) is 19.9 Å². The predicted molar refractivity (Wildman–Crippen MR) is 87.1 cm³/mol. The molecule has 0 N–H and O–H groups in total. The Kier molecular flexibility index (Phi) is 3.23. The Bertz CT molecular complexity index is 637. The fraction of sp³-hybridized carbons (Fsp3) is 0.706. The first kappa shape index (κ1) is 15.3. The van der Waals surface area contributed by atoms with Crippen LogP contribution in [0.25, 0.3) is 0 Å². The summed E-state index contributed by atoms with van der Waals surface area (Å²) in [5, 5.41) is 0. The van der Waals surface area contributed by atoms with Crippen LogP contribution in [0.3, 0.4) is 0 Å². The number of rotatable bonds is 3. The van der Waals surface area contributed by atoms with Gasteiger partial charge in [0.15, 0.2) is 0 Å². The monoisotopic (exact) mass is 317 g/mol. The Hall–Kier alpha value is -1.27. The number of pyridine rings is 1. The van der Waals surface area contributed by atoms with E-state index in [4.69, 9.17) is 18.8 Å². The van der Waals surface area contributed by atoms with Crippen LogP contribution < -0.4 is 14.9 Å². The zero-order chi connectivity index (χ0) is 16.4. The number of methoxy groups -OCH3 is 2. The van der Waals surface area contributed by atoms with Gasteiger partial charge in [-0.3, -0.25) is 0 Å². The van der Waals surface area contributed by atoms with Gasteiger partial charge in [0.1, 0.15) is 0 Å². The van der Waals surface area contributed by atoms with E-state index in [-0.39, 0.29) is 11.7 Å². The lowest BCUT2D eigenvalue weighted by Crippen LogP contribution is -2.65. The summed E-state index contributed by atoms with van der Waals surface area (Å²) in [7, 11) is 2.78. The summed E-state index contributed by atoms with van der Waals surface area (Å²) in [5.41, 5.74) is 0.943. The number of hydrogen-bond acceptors (Lipinski definition) is 5. The molecule has 4 fully saturated rings. The Labute approximate surface area is 137 Å². The minimum atomic E-state index is -0.423. The molecule has 1 aliphatic heterocycles. The summed E-state index contributed by atoms with van der Waals surface area (Å²) >= 11 is 0. The summed E-state index contributed by atoms with van der Waals surface area (Å²) in [4.78, 5) is 4.35. The van der Waals surface area contributed by atoms with E-state index in [2.05, 4.69) is 25.8 Å². The fourth-order valence-electron chi connectivity index (χ4n) is 4.89. The van der Waals surface area contributed by atoms with Crippen molar-refractivity contribution in [3.05, 3.63) is 12.1 Å². The van der Waals surface area contributed by atoms with Gasteiger partial charge in [0.05, 0.1) is 25.9 Å². The normalized spacial score (nSPS) is 37.1. The van der Waals surface area contributed by atoms with Crippen molar-refractivity contribution < 1.29 is 18.8 Å². The van der Waals surface area contributed by atoms with E-state index in [0.717, 1.165) is 17.8 Å². The molecule has 0 spiro atoms. The fourth-order valence-corrected chi connectivity index (χ4v) is 4.89. The third-order valence-corrected chi connectivity index (χ3v) is 6.47. The molecule has 1 saturated heterocycles. The summed E-state index contributed by atoms with van der Waals surface area (Å²) in [6.45, 7) is 6.93. The zero-order valence-corrected chi connectivity index (χ0v) is 14.5. The largest absolute Gasteiger partial charge is 0.500 e. The third kappa shape index (κ3) is 1.97. The summed E-state index contributed by atoms with van der Waals surface area (Å²) in [6, 6.07) is 3.74. The van der Waals surface area contributed by atoms with Gasteiger partial charge in [0.2, 0.25) is 11.8 Å². The predicted octanol–water partition coefficient (Wildman–Crippen LogP) is 2.03. The van der Waals surface area contributed by atoms with Crippen LogP contribution in [0.4, 0.5) is 0 Å². The molecular weight excluding hydrogens is 293 g/mol. The van der Waals surface area contributed by atoms with E-state index in [1.165, 1.54) is 6.42 Å². The van der Waals surface area contributed by atoms with Gasteiger partial charge in [-0.2, -0.15) is 4.98 Å². The first-order chi connectivity index (χ1) is 10.9. The van der Waals surface area contributed by atoms with E-state index in [9.17, 15) is 0 Å². The van der Waals surface area contributed by atoms with Gasteiger partial charge in [0.25, 0.3) is 0 Å². The van der Waals surface area contributed by atoms with Crippen molar-refractivity contribution in [2.75, 3.05) is 14.2 Å². The molecule has 3 aliphatic carbocycles. The summed E-state index contributed by atoms with van der Waals surface area (Å²) in [5.74, 6) is 2.31. The Balaban J connectivity index is 1.64. The van der Waals surface area contributed by atoms with E-state index in [1.54, 1.807) is 14.2 Å². The van der Waals surface area contributed by atoms with Crippen LogP contribution >= 0.6 is 0 Å². The molecule has 2 heterocycles. The molecule has 1 unspecified atom stereocenters. The molecule has 23 heavy (non-hydrogen) atoms. The van der Waals surface area contributed by atoms with Gasteiger partial charge < -0.3 is 18.8 Å². The maximum absolute atomic E-state index is 6.46. The molecule has 1 aromatic rings. The van der Waals surface area contributed by atoms with Crippen LogP contribution in [0.5, 0.6) is 11.8 Å². The molecule has 1 aromatic heterocycles. The second kappa shape index (κ2) is 4.87. The van der Waals surface area contributed by atoms with Crippen molar-refractivity contribution in [2.45, 2.75) is 45.3 Å². The third-order valence-electron chi connectivity index (χ3n) is 6.47. The van der Waals surface area contributed by atoms with Crippen LogP contribution in [-0.4, -0.2) is 38.0 Å². The quantitative estimate of drug-likeness (QED) is 0.799. The lowest BCUT2D eigenvalue weighted by Gasteiger charge is -2.64. The van der Waals surface area contributed by atoms with E-state index in [0.29, 0.717) is 23.1 Å². The lowest BCUT2D eigenvalue weighted by molar-refractivity contribution is -0.199. The molecule has 6 heteroatoms. The van der Waals surface area contributed by atoms with Crippen LogP contribution in [0.2, 0.25) is 0 Å². The topological polar surface area (TPSA) is 49.8 Å². The van der Waals surface area contributed by atoms with E-state index in [1.807, 2.05) is 12.1 Å². The number of hydrogen-bond donors (Lipinski definition) is 0. The van der Waals surface area contributed by atoms with Gasteiger partial charge in [-0.15, -0.1) is 0 Å². The van der Waals surface area contributed by atoms with Crippen molar-refractivity contribution in [2.24, 2.45) is 17.3 Å². The molecule has 0 radical (unpaired) electrons. The first-order valence-electron chi connectivity index (χ1n) is 8.32. The highest BCUT2D eigenvalue weighted by molar-refractivity contribution is 6.63. The maximum Gasteiger partial charge on any atom is 0.500 e. The molecule has 3 saturated carbocycles. The second-order valence-electron chi connectivity index (χ2n) is 7.75. The highest BCUT2D eigenvalue weighted by Gasteiger charge is 2.68. The standard InChI is InChI=1S/C17H24BNO4/c1-16(2)10-8-12(16)17(3)13(9-10)22-18(23-17)11-6-7-14(20-4)19-15(11)21-5/h6-7,10,12-13H,8-9H2,1-5H3/t10-,12-,13+,17?/m0/s1. The molecule has 124 valence electrons. The zero-order valence-electron chi connectivity index (χ0n) is 14.5. The smallest absolute Gasteiger partial charge is 0.481 e. The summed E-state index contributed by atoms with van der Waals surface area (Å²) < 4.78 is 23.3. The molecule has 2 bridgehead atoms. The Morgan fingerprint density at radius 3 is 2.61 bits per heavy atom. The number of ether oxygens (including phenoxy) is 2. The van der Waals surface area contributed by atoms with E-state index >= 15 is 0 Å². The van der Waals surface area contributed by atoms with Crippen LogP contribution in [0.15, 0.2) is 12.1 Å². The van der Waals surface area contributed by atoms with Crippen molar-refractivity contribution >= 4 is 12.6 Å². The van der Waals surface area contributed by atoms with E-state index < -0.39 is 7.12 Å². The van der Waals surface area contributed by atoms with Gasteiger partial charge >= 0.3 is 7.12 Å². The van der Waals surface area contributed by atoms with Crippen LogP contribution in [-0.2, 0) is 9.31 Å². The second-order valence-corrected chi connectivity index (χ2v) is 7.75. The molecule has 5 nitrogen and oxygen atoms in total. The van der Waals surface area contributed by atoms with Crippen molar-refractivity contribution in [1.82, 2.24) is 4.98 Å². The molecule has 0 aromatic carbocycles. The summed E-state index contributed by atoms with van der Waals surface area (Å²) in [6.07, 6.45) is 2.47. The molecule has 4 atom stereocenters. The SMILES string of the molecule is COc1ccc(B2O[C@@H]3C[C@@H]4C[C@@H](C4(C)C)C3(C)O2)c(OC)n1. The number of nitrogens with zero attached hydrogens (tertiary/aromatic N) is 1. The first-order valence-corrected chi connectivity index (χ1v) is 8.32. The molecule has 4 aliphatic rings. The lowest BCUT2D eigenvalue weighted by atomic mass is 9.43. The average molecular weight is 317 g/mol. The van der Waals surface area contributed by atoms with Gasteiger partial charge in [-0.05, 0) is 37.0 Å². The Morgan fingerprint density at radius 1 is 1.17 bits per heavy atom. The van der Waals surface area contributed by atoms with Crippen LogP contribution in [0, 0.1) is 17.3 Å². The van der Waals surface area contributed by atoms with Crippen molar-refractivity contribution in [1.29, 1.82) is 0 Å². The van der Waals surface area contributed by atoms with Crippen molar-refractivity contribution in [3.8, 4) is 11.8 Å². The highest BCUT2D eigenvalue weighted by atomic mass is 16.7. The maximum atomic E-state index is 6.46. The minimum absolute atomic E-state index is 0.149. The Morgan fingerprint density at radius 2 is 1.96 bits per heavy atom. The number of aromatic nitrogens is 1. The minimum Gasteiger partial charge on any atom is -0.481 e. The molecule has 0 amide bonds. The van der Waals surface area contributed by atoms with Gasteiger partial charge in [-0.25, -0.2) is 0 Å².